The van der Waals surface area contributed by atoms with Gasteiger partial charge in [0.1, 0.15) is 5.82 Å². The molecule has 5 nitrogen and oxygen atoms in total. The molecule has 6 heteroatoms. The second-order valence-corrected chi connectivity index (χ2v) is 6.21. The van der Waals surface area contributed by atoms with E-state index in [9.17, 15) is 4.79 Å². The fourth-order valence-electron chi connectivity index (χ4n) is 2.33. The Balaban J connectivity index is 2.25. The molecule has 0 spiro atoms. The average Bonchev–Trinajstić information content (AvgIpc) is 2.45. The van der Waals surface area contributed by atoms with Crippen LogP contribution in [0.5, 0.6) is 0 Å². The van der Waals surface area contributed by atoms with Crippen molar-refractivity contribution in [2.24, 2.45) is 0 Å². The Bertz CT molecular complexity index is 520. The Morgan fingerprint density at radius 3 is 3.00 bits per heavy atom. The van der Waals surface area contributed by atoms with Crippen LogP contribution in [-0.4, -0.2) is 47.6 Å². The molecule has 1 N–H and O–H groups in total. The lowest BCUT2D eigenvalue weighted by atomic mass is 10.0. The number of hydrogen-bond donors (Lipinski definition) is 1. The van der Waals surface area contributed by atoms with Gasteiger partial charge in [-0.3, -0.25) is 4.79 Å². The van der Waals surface area contributed by atoms with Gasteiger partial charge in [0.15, 0.2) is 0 Å². The van der Waals surface area contributed by atoms with Gasteiger partial charge < -0.3 is 15.0 Å². The van der Waals surface area contributed by atoms with Crippen molar-refractivity contribution in [2.45, 2.75) is 32.7 Å². The molecular formula is C15H22ClN3O2. The summed E-state index contributed by atoms with van der Waals surface area (Å²) >= 11 is 6.17. The summed E-state index contributed by atoms with van der Waals surface area (Å²) in [5, 5.41) is 3.55. The summed E-state index contributed by atoms with van der Waals surface area (Å²) in [6.07, 6.45) is 2.52. The number of aromatic nitrogens is 1. The van der Waals surface area contributed by atoms with Gasteiger partial charge in [0.25, 0.3) is 5.91 Å². The first-order valence-corrected chi connectivity index (χ1v) is 7.62. The molecule has 0 aliphatic carbocycles. The molecule has 0 aromatic carbocycles. The zero-order valence-corrected chi connectivity index (χ0v) is 13.5. The number of pyridine rings is 1. The summed E-state index contributed by atoms with van der Waals surface area (Å²) in [7, 11) is 0. The molecule has 1 aliphatic heterocycles. The van der Waals surface area contributed by atoms with Crippen molar-refractivity contribution in [3.63, 3.8) is 0 Å². The molecule has 1 amide bonds. The molecule has 21 heavy (non-hydrogen) atoms. The van der Waals surface area contributed by atoms with Crippen molar-refractivity contribution in [2.75, 3.05) is 31.6 Å². The van der Waals surface area contributed by atoms with Gasteiger partial charge in [0, 0.05) is 19.3 Å². The number of hydrogen-bond acceptors (Lipinski definition) is 4. The van der Waals surface area contributed by atoms with Gasteiger partial charge in [-0.2, -0.15) is 0 Å². The Labute approximate surface area is 130 Å². The highest BCUT2D eigenvalue weighted by atomic mass is 35.5. The monoisotopic (exact) mass is 311 g/mol. The lowest BCUT2D eigenvalue weighted by molar-refractivity contribution is -0.0370. The van der Waals surface area contributed by atoms with Gasteiger partial charge in [0.05, 0.1) is 29.3 Å². The summed E-state index contributed by atoms with van der Waals surface area (Å²) < 4.78 is 5.46. The molecule has 2 heterocycles. The number of amides is 1. The Kier molecular flexibility index (Phi) is 5.06. The van der Waals surface area contributed by atoms with Gasteiger partial charge in [0.2, 0.25) is 0 Å². The number of nitrogens with zero attached hydrogens (tertiary/aromatic N) is 2. The van der Waals surface area contributed by atoms with E-state index in [2.05, 4.69) is 17.2 Å². The minimum absolute atomic E-state index is 0.0738. The molecular weight excluding hydrogens is 290 g/mol. The average molecular weight is 312 g/mol. The van der Waals surface area contributed by atoms with E-state index in [0.717, 1.165) is 13.0 Å². The standard InChI is InChI=1S/C15H22ClN3O2/c1-4-5-17-13-8-11(12(16)9-18-13)14(20)19-6-7-21-10-15(19,2)3/h8-9H,4-7,10H2,1-3H3,(H,17,18). The van der Waals surface area contributed by atoms with E-state index in [1.165, 1.54) is 6.20 Å². The Hall–Kier alpha value is -1.33. The Morgan fingerprint density at radius 2 is 2.33 bits per heavy atom. The molecule has 1 saturated heterocycles. The minimum atomic E-state index is -0.334. The minimum Gasteiger partial charge on any atom is -0.377 e. The fourth-order valence-corrected chi connectivity index (χ4v) is 2.52. The molecule has 2 rings (SSSR count). The second kappa shape index (κ2) is 6.62. The highest BCUT2D eigenvalue weighted by molar-refractivity contribution is 6.33. The van der Waals surface area contributed by atoms with E-state index in [1.54, 1.807) is 6.07 Å². The smallest absolute Gasteiger partial charge is 0.256 e. The molecule has 0 radical (unpaired) electrons. The largest absolute Gasteiger partial charge is 0.377 e. The summed E-state index contributed by atoms with van der Waals surface area (Å²) in [4.78, 5) is 18.8. The van der Waals surface area contributed by atoms with E-state index in [-0.39, 0.29) is 11.4 Å². The van der Waals surface area contributed by atoms with Crippen LogP contribution in [0.1, 0.15) is 37.6 Å². The third-order valence-corrected chi connectivity index (χ3v) is 3.83. The second-order valence-electron chi connectivity index (χ2n) is 5.80. The molecule has 0 saturated carbocycles. The number of nitrogens with one attached hydrogen (secondary N) is 1. The van der Waals surface area contributed by atoms with Crippen molar-refractivity contribution in [1.82, 2.24) is 9.88 Å². The number of halogens is 1. The van der Waals surface area contributed by atoms with E-state index < -0.39 is 0 Å². The van der Waals surface area contributed by atoms with Crippen LogP contribution in [-0.2, 0) is 4.74 Å². The van der Waals surface area contributed by atoms with E-state index in [4.69, 9.17) is 16.3 Å². The van der Waals surface area contributed by atoms with Crippen LogP contribution in [0.3, 0.4) is 0 Å². The van der Waals surface area contributed by atoms with Crippen LogP contribution >= 0.6 is 11.6 Å². The quantitative estimate of drug-likeness (QED) is 0.929. The zero-order valence-electron chi connectivity index (χ0n) is 12.8. The summed E-state index contributed by atoms with van der Waals surface area (Å²) in [5.41, 5.74) is 0.152. The molecule has 1 fully saturated rings. The van der Waals surface area contributed by atoms with Crippen molar-refractivity contribution >= 4 is 23.3 Å². The van der Waals surface area contributed by atoms with Gasteiger partial charge in [-0.15, -0.1) is 0 Å². The van der Waals surface area contributed by atoms with Crippen molar-refractivity contribution in [1.29, 1.82) is 0 Å². The van der Waals surface area contributed by atoms with E-state index in [1.807, 2.05) is 18.7 Å². The summed E-state index contributed by atoms with van der Waals surface area (Å²) in [5.74, 6) is 0.603. The highest BCUT2D eigenvalue weighted by Crippen LogP contribution is 2.26. The van der Waals surface area contributed by atoms with Gasteiger partial charge in [-0.25, -0.2) is 4.98 Å². The topological polar surface area (TPSA) is 54.5 Å². The summed E-state index contributed by atoms with van der Waals surface area (Å²) in [6.45, 7) is 8.53. The zero-order chi connectivity index (χ0) is 15.5. The highest BCUT2D eigenvalue weighted by Gasteiger charge is 2.35. The van der Waals surface area contributed by atoms with Crippen LogP contribution in [0.15, 0.2) is 12.3 Å². The number of carbonyl (C=O) groups is 1. The first kappa shape index (κ1) is 16.0. The number of morpholine rings is 1. The maximum Gasteiger partial charge on any atom is 0.256 e. The third-order valence-electron chi connectivity index (χ3n) is 3.53. The van der Waals surface area contributed by atoms with Crippen LogP contribution in [0.4, 0.5) is 5.82 Å². The van der Waals surface area contributed by atoms with Crippen molar-refractivity contribution in [3.8, 4) is 0 Å². The lowest BCUT2D eigenvalue weighted by Gasteiger charge is -2.42. The van der Waals surface area contributed by atoms with Crippen molar-refractivity contribution in [3.05, 3.63) is 22.8 Å². The first-order chi connectivity index (χ1) is 9.95. The predicted molar refractivity (Wildman–Crippen MR) is 84.0 cm³/mol. The molecule has 1 aromatic rings. The van der Waals surface area contributed by atoms with Crippen molar-refractivity contribution < 1.29 is 9.53 Å². The Morgan fingerprint density at radius 1 is 1.57 bits per heavy atom. The molecule has 0 bridgehead atoms. The molecule has 1 aliphatic rings. The number of anilines is 1. The summed E-state index contributed by atoms with van der Waals surface area (Å²) in [6, 6.07) is 1.73. The number of carbonyl (C=O) groups excluding carboxylic acids is 1. The molecule has 1 aromatic heterocycles. The van der Waals surface area contributed by atoms with E-state index >= 15 is 0 Å². The van der Waals surface area contributed by atoms with E-state index in [0.29, 0.717) is 36.2 Å². The van der Waals surface area contributed by atoms with Crippen LogP contribution < -0.4 is 5.32 Å². The lowest BCUT2D eigenvalue weighted by Crippen LogP contribution is -2.55. The first-order valence-electron chi connectivity index (χ1n) is 7.25. The maximum atomic E-state index is 12.8. The SMILES string of the molecule is CCCNc1cc(C(=O)N2CCOCC2(C)C)c(Cl)cn1. The predicted octanol–water partition coefficient (Wildman–Crippen LogP) is 2.81. The fraction of sp³-hybridized carbons (Fsp3) is 0.600. The van der Waals surface area contributed by atoms with Gasteiger partial charge >= 0.3 is 0 Å². The molecule has 116 valence electrons. The van der Waals surface area contributed by atoms with Gasteiger partial charge in [-0.05, 0) is 26.3 Å². The van der Waals surface area contributed by atoms with Gasteiger partial charge in [-0.1, -0.05) is 18.5 Å². The number of ether oxygens (including phenoxy) is 1. The molecule has 0 unspecified atom stereocenters. The molecule has 0 atom stereocenters. The number of rotatable bonds is 4. The third kappa shape index (κ3) is 3.66. The van der Waals surface area contributed by atoms with Crippen LogP contribution in [0.25, 0.3) is 0 Å². The van der Waals surface area contributed by atoms with Crippen LogP contribution in [0, 0.1) is 0 Å². The normalized spacial score (nSPS) is 17.6. The van der Waals surface area contributed by atoms with Crippen LogP contribution in [0.2, 0.25) is 5.02 Å². The maximum absolute atomic E-state index is 12.8.